The number of hydrogen-bond acceptors (Lipinski definition) is 13. The van der Waals surface area contributed by atoms with E-state index in [1.54, 1.807) is 13.8 Å². The Morgan fingerprint density at radius 3 is 1.29 bits per heavy atom. The molecule has 1 heterocycles. The number of anilines is 1. The van der Waals surface area contributed by atoms with E-state index in [1.807, 2.05) is 104 Å². The lowest BCUT2D eigenvalue weighted by Gasteiger charge is -2.08. The van der Waals surface area contributed by atoms with Crippen LogP contribution in [0.3, 0.4) is 0 Å². The molecule has 4 aromatic carbocycles. The van der Waals surface area contributed by atoms with Crippen molar-refractivity contribution in [2.75, 3.05) is 37.3 Å². The molecule has 1 saturated heterocycles. The lowest BCUT2D eigenvalue weighted by atomic mass is 10.1. The van der Waals surface area contributed by atoms with Crippen molar-refractivity contribution in [3.05, 3.63) is 128 Å². The summed E-state index contributed by atoms with van der Waals surface area (Å²) in [5, 5.41) is 3.41. The van der Waals surface area contributed by atoms with Crippen molar-refractivity contribution < 1.29 is 47.9 Å². The summed E-state index contributed by atoms with van der Waals surface area (Å²) in [6.45, 7) is 9.39. The number of imide groups is 3. The number of carbonyl (C=O) groups excluding carboxylic acids is 9. The molecule has 19 heteroatoms. The van der Waals surface area contributed by atoms with Crippen LogP contribution >= 0.6 is 106 Å². The van der Waals surface area contributed by atoms with Crippen LogP contribution in [0.1, 0.15) is 76.5 Å². The first-order valence-electron chi connectivity index (χ1n) is 21.1. The van der Waals surface area contributed by atoms with Crippen LogP contribution in [0.25, 0.3) is 0 Å². The number of esters is 1. The Hall–Kier alpha value is -3.33. The summed E-state index contributed by atoms with van der Waals surface area (Å²) in [5.74, 6) is -0.680. The zero-order valence-electron chi connectivity index (χ0n) is 38.5. The zero-order chi connectivity index (χ0) is 51.9. The van der Waals surface area contributed by atoms with Gasteiger partial charge in [-0.15, -0.1) is 0 Å². The highest BCUT2D eigenvalue weighted by atomic mass is 127. The number of carbonyl (C=O) groups is 7. The topological polar surface area (TPSA) is 230 Å². The van der Waals surface area contributed by atoms with E-state index in [2.05, 4.69) is 123 Å². The van der Waals surface area contributed by atoms with Gasteiger partial charge in [-0.2, -0.15) is 9.59 Å². The summed E-state index contributed by atoms with van der Waals surface area (Å²) in [5.41, 5.74) is 14.7. The van der Waals surface area contributed by atoms with Crippen LogP contribution in [0.5, 0.6) is 0 Å². The number of nitrogens with one attached hydrogen (secondary N) is 1. The molecule has 0 radical (unpaired) electrons. The Kier molecular flexibility index (Phi) is 41.8. The van der Waals surface area contributed by atoms with Crippen molar-refractivity contribution in [3.8, 4) is 0 Å². The van der Waals surface area contributed by atoms with Crippen LogP contribution in [0, 0.1) is 14.3 Å². The quantitative estimate of drug-likeness (QED) is 0.0253. The molecule has 4 aromatic rings. The van der Waals surface area contributed by atoms with Gasteiger partial charge in [0.05, 0.1) is 19.7 Å². The number of halogens is 5. The molecule has 1 aliphatic rings. The second-order valence-electron chi connectivity index (χ2n) is 13.7. The average Bonchev–Trinajstić information content (AvgIpc) is 3.67. The molecule has 0 saturated carbocycles. The lowest BCUT2D eigenvalue weighted by molar-refractivity contribution is -0.192. The van der Waals surface area contributed by atoms with Crippen molar-refractivity contribution in [2.24, 2.45) is 5.73 Å². The highest BCUT2D eigenvalue weighted by molar-refractivity contribution is 14.1. The molecule has 1 aliphatic heterocycles. The minimum absolute atomic E-state index is 0.0798. The van der Waals surface area contributed by atoms with Gasteiger partial charge in [-0.3, -0.25) is 33.6 Å². The van der Waals surface area contributed by atoms with Gasteiger partial charge in [-0.1, -0.05) is 73.1 Å². The number of Topliss-reactive ketones (excluding diaryl/α,β-unsaturated/α-hetero) is 3. The molecule has 68 heavy (non-hydrogen) atoms. The predicted octanol–water partition coefficient (Wildman–Crippen LogP) is 8.88. The van der Waals surface area contributed by atoms with Crippen molar-refractivity contribution in [3.63, 3.8) is 0 Å². The number of rotatable bonds is 15. The number of hydrogen-bond donors (Lipinski definition) is 3. The van der Waals surface area contributed by atoms with Crippen LogP contribution in [0.4, 0.5) is 5.69 Å². The van der Waals surface area contributed by atoms with Crippen LogP contribution in [-0.2, 0) is 67.2 Å². The monoisotopic (exact) mass is 1450 g/mol. The van der Waals surface area contributed by atoms with Crippen LogP contribution in [0.2, 0.25) is 0 Å². The second kappa shape index (κ2) is 42.5. The maximum absolute atomic E-state index is 11.5. The maximum Gasteiger partial charge on any atom is 0.373 e. The molecule has 0 unspecified atom stereocenters. The summed E-state index contributed by atoms with van der Waals surface area (Å²) >= 11 is 11.9. The maximum atomic E-state index is 11.5. The standard InChI is InChI=1S/C12H16INO.C10H11IO.C9H10INO.C7H9NO3.C6H6IN.C4H7BrO2.CO2/c1-2-7-14-9-12(15)8-10-3-5-11(13)6-4-10;1-2-10(12)7-8-3-5-9(11)6-4-8;10-8-3-1-7(2-4-8)5-9(12)6-11;1-2-5(9)8-6(10)3-4-7(8)11;7-5-1-3-6(8)4-2-5;1-2-7-4(6)3-5;2-1-3/h3-6,14H,2,7-9H2,1H3;3-6H,2,7H2,1H3;1-4H,5-6,11H2;2-4H2,1H3;1-4H,8H2;2-3H2,1H3;. The Labute approximate surface area is 462 Å². The normalized spacial score (nSPS) is 10.6. The Morgan fingerprint density at radius 2 is 1.00 bits per heavy atom. The van der Waals surface area contributed by atoms with Crippen LogP contribution in [-0.4, -0.2) is 83.7 Å². The number of alkyl halides is 1. The molecule has 0 bridgehead atoms. The van der Waals surface area contributed by atoms with Crippen molar-refractivity contribution in [1.29, 1.82) is 0 Å². The van der Waals surface area contributed by atoms with E-state index in [4.69, 9.17) is 21.1 Å². The highest BCUT2D eigenvalue weighted by Gasteiger charge is 2.33. The Balaban J connectivity index is 0. The third kappa shape index (κ3) is 35.7. The fourth-order valence-electron chi connectivity index (χ4n) is 4.83. The number of nitrogens with two attached hydrogens (primary N) is 2. The summed E-state index contributed by atoms with van der Waals surface area (Å²) in [7, 11) is 0. The van der Waals surface area contributed by atoms with Crippen molar-refractivity contribution in [2.45, 2.75) is 79.1 Å². The Bertz CT molecular complexity index is 2040. The Morgan fingerprint density at radius 1 is 0.632 bits per heavy atom. The largest absolute Gasteiger partial charge is 0.465 e. The summed E-state index contributed by atoms with van der Waals surface area (Å²) in [6, 6.07) is 31.8. The molecule has 0 aromatic heterocycles. The zero-order valence-corrected chi connectivity index (χ0v) is 48.7. The third-order valence-corrected chi connectivity index (χ3v) is 11.5. The van der Waals surface area contributed by atoms with Gasteiger partial charge in [0.2, 0.25) is 17.7 Å². The van der Waals surface area contributed by atoms with E-state index < -0.39 is 5.91 Å². The minimum atomic E-state index is -0.391. The highest BCUT2D eigenvalue weighted by Crippen LogP contribution is 2.13. The first kappa shape index (κ1) is 66.8. The second-order valence-corrected chi connectivity index (χ2v) is 19.2. The number of ketones is 3. The van der Waals surface area contributed by atoms with E-state index in [0.717, 1.165) is 40.2 Å². The first-order valence-corrected chi connectivity index (χ1v) is 26.6. The molecule has 5 N–H and O–H groups in total. The van der Waals surface area contributed by atoms with Gasteiger partial charge in [0.1, 0.15) is 11.1 Å². The fraction of sp³-hybridized carbons (Fsp3) is 0.347. The number of likely N-dealkylation sites (tertiary alicyclic amines) is 1. The average molecular weight is 1450 g/mol. The molecule has 0 spiro atoms. The van der Waals surface area contributed by atoms with Gasteiger partial charge < -0.3 is 21.5 Å². The number of nitrogen functional groups attached to an aromatic ring is 1. The van der Waals surface area contributed by atoms with Crippen molar-refractivity contribution in [1.82, 2.24) is 10.2 Å². The molecular formula is C49H59BrI4N4O10. The predicted molar refractivity (Wildman–Crippen MR) is 302 cm³/mol. The molecule has 14 nitrogen and oxygen atoms in total. The molecule has 3 amide bonds. The SMILES string of the molecule is CCC(=O)Cc1ccc(I)cc1.CCC(=O)N1C(=O)CCC1=O.CCCNCC(=O)Cc1ccc(I)cc1.CCOC(=O)CBr.NCC(=O)Cc1ccc(I)cc1.Nc1ccc(I)cc1.O=C=O. The van der Waals surface area contributed by atoms with Gasteiger partial charge in [-0.05, 0) is 188 Å². The smallest absolute Gasteiger partial charge is 0.373 e. The number of amides is 3. The summed E-state index contributed by atoms with van der Waals surface area (Å²) in [6.07, 6.45) is 4.09. The van der Waals surface area contributed by atoms with Gasteiger partial charge in [0, 0.05) is 64.9 Å². The van der Waals surface area contributed by atoms with Gasteiger partial charge >= 0.3 is 12.1 Å². The van der Waals surface area contributed by atoms with E-state index in [-0.39, 0.29) is 61.3 Å². The van der Waals surface area contributed by atoms with E-state index in [0.29, 0.717) is 49.9 Å². The van der Waals surface area contributed by atoms with Crippen molar-refractivity contribution >= 4 is 159 Å². The van der Waals surface area contributed by atoms with E-state index in [1.165, 1.54) is 14.3 Å². The van der Waals surface area contributed by atoms with Crippen LogP contribution < -0.4 is 16.8 Å². The molecule has 5 rings (SSSR count). The number of benzene rings is 4. The van der Waals surface area contributed by atoms with E-state index in [9.17, 15) is 33.6 Å². The number of ether oxygens (including phenoxy) is 1. The number of nitrogens with zero attached hydrogens (tertiary/aromatic N) is 1. The van der Waals surface area contributed by atoms with Gasteiger partial charge in [0.25, 0.3) is 0 Å². The summed E-state index contributed by atoms with van der Waals surface area (Å²) < 4.78 is 9.31. The minimum Gasteiger partial charge on any atom is -0.465 e. The van der Waals surface area contributed by atoms with Gasteiger partial charge in [-0.25, -0.2) is 4.90 Å². The van der Waals surface area contributed by atoms with Crippen LogP contribution in [0.15, 0.2) is 97.1 Å². The molecule has 1 fully saturated rings. The molecule has 370 valence electrons. The van der Waals surface area contributed by atoms with Gasteiger partial charge in [0.15, 0.2) is 11.6 Å². The third-order valence-electron chi connectivity index (χ3n) is 8.20. The summed E-state index contributed by atoms with van der Waals surface area (Å²) in [4.78, 5) is 93.3. The van der Waals surface area contributed by atoms with E-state index >= 15 is 0 Å². The molecule has 0 atom stereocenters. The molecular weight excluding hydrogens is 1390 g/mol. The fourth-order valence-corrected chi connectivity index (χ4v) is 6.43. The molecule has 0 aliphatic carbocycles. The first-order chi connectivity index (χ1) is 32.3. The lowest BCUT2D eigenvalue weighted by Crippen LogP contribution is -2.34.